The molecule has 0 aliphatic heterocycles. The molecule has 0 saturated carbocycles. The molecule has 7 nitrogen and oxygen atoms in total. The number of rotatable bonds is 10. The predicted octanol–water partition coefficient (Wildman–Crippen LogP) is 4.98. The highest BCUT2D eigenvalue weighted by Gasteiger charge is 2.29. The number of benzene rings is 3. The van der Waals surface area contributed by atoms with Gasteiger partial charge in [-0.05, 0) is 68.7 Å². The van der Waals surface area contributed by atoms with Crippen LogP contribution >= 0.6 is 0 Å². The lowest BCUT2D eigenvalue weighted by Gasteiger charge is -2.26. The van der Waals surface area contributed by atoms with Crippen molar-refractivity contribution in [1.82, 2.24) is 5.32 Å². The highest BCUT2D eigenvalue weighted by molar-refractivity contribution is 7.92. The normalized spacial score (nSPS) is 11.1. The van der Waals surface area contributed by atoms with Gasteiger partial charge in [-0.25, -0.2) is 8.42 Å². The van der Waals surface area contributed by atoms with Gasteiger partial charge in [-0.15, -0.1) is 0 Å². The summed E-state index contributed by atoms with van der Waals surface area (Å²) in [5.74, 6) is -0.849. The van der Waals surface area contributed by atoms with Crippen LogP contribution < -0.4 is 14.9 Å². The minimum atomic E-state index is -4.05. The van der Waals surface area contributed by atoms with E-state index < -0.39 is 22.5 Å². The molecule has 36 heavy (non-hydrogen) atoms. The van der Waals surface area contributed by atoms with Gasteiger partial charge in [-0.1, -0.05) is 55.3 Å². The molecular formula is C28H33N3O4S. The van der Waals surface area contributed by atoms with E-state index in [2.05, 4.69) is 10.6 Å². The van der Waals surface area contributed by atoms with Crippen molar-refractivity contribution in [3.63, 3.8) is 0 Å². The van der Waals surface area contributed by atoms with Crippen LogP contribution in [0.2, 0.25) is 0 Å². The molecule has 0 fully saturated rings. The Kier molecular flexibility index (Phi) is 8.88. The number of nitrogens with one attached hydrogen (secondary N) is 2. The van der Waals surface area contributed by atoms with E-state index in [0.717, 1.165) is 33.8 Å². The molecule has 0 spiro atoms. The number of para-hydroxylation sites is 1. The van der Waals surface area contributed by atoms with Crippen molar-refractivity contribution in [3.05, 3.63) is 89.0 Å². The zero-order chi connectivity index (χ0) is 26.3. The van der Waals surface area contributed by atoms with Crippen molar-refractivity contribution < 1.29 is 18.0 Å². The molecule has 3 aromatic rings. The van der Waals surface area contributed by atoms with E-state index in [4.69, 9.17) is 0 Å². The Hall–Kier alpha value is -3.65. The molecule has 0 saturated heterocycles. The fourth-order valence-corrected chi connectivity index (χ4v) is 5.19. The van der Waals surface area contributed by atoms with Gasteiger partial charge in [-0.3, -0.25) is 13.9 Å². The van der Waals surface area contributed by atoms with Crippen molar-refractivity contribution in [2.75, 3.05) is 22.7 Å². The first-order chi connectivity index (χ1) is 17.1. The van der Waals surface area contributed by atoms with Gasteiger partial charge in [0.15, 0.2) is 0 Å². The second kappa shape index (κ2) is 11.9. The van der Waals surface area contributed by atoms with E-state index in [0.29, 0.717) is 23.5 Å². The van der Waals surface area contributed by atoms with Gasteiger partial charge in [0.2, 0.25) is 5.91 Å². The fourth-order valence-electron chi connectivity index (χ4n) is 3.71. The average molecular weight is 508 g/mol. The van der Waals surface area contributed by atoms with Crippen molar-refractivity contribution >= 4 is 33.2 Å². The van der Waals surface area contributed by atoms with Gasteiger partial charge < -0.3 is 10.6 Å². The maximum Gasteiger partial charge on any atom is 0.264 e. The molecule has 0 aliphatic carbocycles. The molecular weight excluding hydrogens is 474 g/mol. The molecule has 190 valence electrons. The number of carbonyl (C=O) groups is 2. The number of anilines is 2. The van der Waals surface area contributed by atoms with E-state index in [1.807, 2.05) is 32.9 Å². The topological polar surface area (TPSA) is 95.6 Å². The molecule has 3 aromatic carbocycles. The third kappa shape index (κ3) is 6.51. The molecule has 0 unspecified atom stereocenters. The van der Waals surface area contributed by atoms with Crippen molar-refractivity contribution in [2.45, 2.75) is 45.4 Å². The maximum absolute atomic E-state index is 13.7. The Morgan fingerprint density at radius 3 is 2.25 bits per heavy atom. The quantitative estimate of drug-likeness (QED) is 0.379. The summed E-state index contributed by atoms with van der Waals surface area (Å²) in [6.07, 6.45) is 1.80. The van der Waals surface area contributed by atoms with Crippen LogP contribution in [0.1, 0.15) is 46.8 Å². The van der Waals surface area contributed by atoms with Gasteiger partial charge in [0.1, 0.15) is 6.54 Å². The second-order valence-corrected chi connectivity index (χ2v) is 10.7. The SMILES string of the molecule is CCCCNC(=O)c1ccccc1NC(=O)CN(c1cc(C)ccc1C)S(=O)(=O)c1ccc(C)cc1. The number of hydrogen-bond acceptors (Lipinski definition) is 4. The Balaban J connectivity index is 1.93. The second-order valence-electron chi connectivity index (χ2n) is 8.82. The number of unbranched alkanes of at least 4 members (excludes halogenated alkanes) is 1. The number of aryl methyl sites for hydroxylation is 3. The first kappa shape index (κ1) is 26.9. The summed E-state index contributed by atoms with van der Waals surface area (Å²) in [7, 11) is -4.05. The molecule has 0 aromatic heterocycles. The molecule has 0 heterocycles. The summed E-state index contributed by atoms with van der Waals surface area (Å²) in [5.41, 5.74) is 3.59. The molecule has 8 heteroatoms. The van der Waals surface area contributed by atoms with Crippen molar-refractivity contribution in [1.29, 1.82) is 0 Å². The standard InChI is InChI=1S/C28H33N3O4S/c1-5-6-17-29-28(33)24-9-7-8-10-25(24)30-27(32)19-31(26-18-21(3)11-14-22(26)4)36(34,35)23-15-12-20(2)13-16-23/h7-16,18H,5-6,17,19H2,1-4H3,(H,29,33)(H,30,32). The highest BCUT2D eigenvalue weighted by atomic mass is 32.2. The first-order valence-electron chi connectivity index (χ1n) is 12.0. The Labute approximate surface area is 213 Å². The first-order valence-corrected chi connectivity index (χ1v) is 13.4. The lowest BCUT2D eigenvalue weighted by Crippen LogP contribution is -2.39. The number of hydrogen-bond donors (Lipinski definition) is 2. The Bertz CT molecular complexity index is 1340. The molecule has 0 aliphatic rings. The van der Waals surface area contributed by atoms with Gasteiger partial charge in [0.05, 0.1) is 21.8 Å². The van der Waals surface area contributed by atoms with E-state index in [-0.39, 0.29) is 10.8 Å². The lowest BCUT2D eigenvalue weighted by atomic mass is 10.1. The lowest BCUT2D eigenvalue weighted by molar-refractivity contribution is -0.114. The molecule has 0 bridgehead atoms. The average Bonchev–Trinajstić information content (AvgIpc) is 2.85. The smallest absolute Gasteiger partial charge is 0.264 e. The van der Waals surface area contributed by atoms with Crippen LogP contribution in [-0.4, -0.2) is 33.3 Å². The van der Waals surface area contributed by atoms with Crippen LogP contribution in [0.4, 0.5) is 11.4 Å². The van der Waals surface area contributed by atoms with Gasteiger partial charge in [0, 0.05) is 6.54 Å². The molecule has 2 amide bonds. The Morgan fingerprint density at radius 2 is 1.56 bits per heavy atom. The van der Waals surface area contributed by atoms with E-state index in [9.17, 15) is 18.0 Å². The molecule has 3 rings (SSSR count). The van der Waals surface area contributed by atoms with Crippen LogP contribution in [0.3, 0.4) is 0 Å². The zero-order valence-corrected chi connectivity index (χ0v) is 22.0. The van der Waals surface area contributed by atoms with Crippen LogP contribution in [0, 0.1) is 20.8 Å². The summed E-state index contributed by atoms with van der Waals surface area (Å²) < 4.78 is 28.5. The van der Waals surface area contributed by atoms with Gasteiger partial charge in [-0.2, -0.15) is 0 Å². The number of carbonyl (C=O) groups excluding carboxylic acids is 2. The van der Waals surface area contributed by atoms with Crippen LogP contribution in [0.5, 0.6) is 0 Å². The summed E-state index contributed by atoms with van der Waals surface area (Å²) in [6, 6.07) is 18.7. The fraction of sp³-hybridized carbons (Fsp3) is 0.286. The third-order valence-corrected chi connectivity index (χ3v) is 7.57. The summed E-state index contributed by atoms with van der Waals surface area (Å²) in [6.45, 7) is 7.67. The van der Waals surface area contributed by atoms with Crippen molar-refractivity contribution in [3.8, 4) is 0 Å². The third-order valence-electron chi connectivity index (χ3n) is 5.79. The maximum atomic E-state index is 13.7. The highest BCUT2D eigenvalue weighted by Crippen LogP contribution is 2.28. The van der Waals surface area contributed by atoms with E-state index in [1.54, 1.807) is 49.4 Å². The van der Waals surface area contributed by atoms with Gasteiger partial charge in [0.25, 0.3) is 15.9 Å². The van der Waals surface area contributed by atoms with Crippen LogP contribution in [0.25, 0.3) is 0 Å². The summed E-state index contributed by atoms with van der Waals surface area (Å²) in [4.78, 5) is 26.0. The van der Waals surface area contributed by atoms with Gasteiger partial charge >= 0.3 is 0 Å². The zero-order valence-electron chi connectivity index (χ0n) is 21.2. The summed E-state index contributed by atoms with van der Waals surface area (Å²) in [5, 5.41) is 5.59. The number of sulfonamides is 1. The minimum Gasteiger partial charge on any atom is -0.352 e. The molecule has 0 atom stereocenters. The van der Waals surface area contributed by atoms with Crippen LogP contribution in [0.15, 0.2) is 71.6 Å². The number of amides is 2. The molecule has 2 N–H and O–H groups in total. The predicted molar refractivity (Wildman–Crippen MR) is 144 cm³/mol. The largest absolute Gasteiger partial charge is 0.352 e. The van der Waals surface area contributed by atoms with E-state index >= 15 is 0 Å². The monoisotopic (exact) mass is 507 g/mol. The van der Waals surface area contributed by atoms with Crippen LogP contribution in [-0.2, 0) is 14.8 Å². The minimum absolute atomic E-state index is 0.0949. The number of nitrogens with zero attached hydrogens (tertiary/aromatic N) is 1. The molecule has 0 radical (unpaired) electrons. The summed E-state index contributed by atoms with van der Waals surface area (Å²) >= 11 is 0. The Morgan fingerprint density at radius 1 is 0.889 bits per heavy atom. The van der Waals surface area contributed by atoms with E-state index in [1.165, 1.54) is 12.1 Å². The van der Waals surface area contributed by atoms with Crippen molar-refractivity contribution in [2.24, 2.45) is 0 Å².